The van der Waals surface area contributed by atoms with Crippen LogP contribution in [0.3, 0.4) is 0 Å². The summed E-state index contributed by atoms with van der Waals surface area (Å²) in [5.41, 5.74) is 1.82. The van der Waals surface area contributed by atoms with E-state index in [4.69, 9.17) is 4.98 Å². The number of carbonyl (C=O) groups is 1. The number of rotatable bonds is 5. The Morgan fingerprint density at radius 1 is 1.27 bits per heavy atom. The van der Waals surface area contributed by atoms with Crippen LogP contribution in [-0.4, -0.2) is 53.9 Å². The van der Waals surface area contributed by atoms with Crippen LogP contribution in [0.15, 0.2) is 29.1 Å². The van der Waals surface area contributed by atoms with Crippen molar-refractivity contribution in [2.75, 3.05) is 12.4 Å². The van der Waals surface area contributed by atoms with E-state index in [2.05, 4.69) is 51.8 Å². The van der Waals surface area contributed by atoms with Gasteiger partial charge in [-0.05, 0) is 54.2 Å². The van der Waals surface area contributed by atoms with Crippen LogP contribution < -0.4 is 10.6 Å². The average molecular weight is 528 g/mol. The van der Waals surface area contributed by atoms with Crippen LogP contribution in [-0.2, 0) is 4.79 Å². The molecule has 1 saturated carbocycles. The first-order chi connectivity index (χ1) is 15.9. The lowest BCUT2D eigenvalue weighted by atomic mass is 9.87. The molecule has 10 nitrogen and oxygen atoms in total. The number of halogens is 1. The number of hydrogen-bond acceptors (Lipinski definition) is 9. The van der Waals surface area contributed by atoms with Crippen LogP contribution in [0, 0.1) is 12.3 Å². The highest BCUT2D eigenvalue weighted by molar-refractivity contribution is 9.10. The molecule has 1 amide bonds. The second-order valence-electron chi connectivity index (χ2n) is 8.39. The Hall–Kier alpha value is -2.99. The largest absolute Gasteiger partial charge is 0.359 e. The third-order valence-corrected chi connectivity index (χ3v) is 7.41. The zero-order valence-corrected chi connectivity index (χ0v) is 20.7. The van der Waals surface area contributed by atoms with Gasteiger partial charge in [0, 0.05) is 24.7 Å². The van der Waals surface area contributed by atoms with Crippen LogP contribution in [0.2, 0.25) is 0 Å². The molecule has 1 fully saturated rings. The van der Waals surface area contributed by atoms with Crippen molar-refractivity contribution in [2.45, 2.75) is 39.2 Å². The minimum atomic E-state index is -0.375. The first-order valence-electron chi connectivity index (χ1n) is 10.5. The zero-order chi connectivity index (χ0) is 23.2. The number of aryl methyl sites for hydroxylation is 1. The Kier molecular flexibility index (Phi) is 5.57. The molecule has 0 spiro atoms. The van der Waals surface area contributed by atoms with Crippen LogP contribution in [0.25, 0.3) is 27.4 Å². The molecule has 4 aromatic heterocycles. The van der Waals surface area contributed by atoms with Gasteiger partial charge in [-0.3, -0.25) is 9.78 Å². The fourth-order valence-electron chi connectivity index (χ4n) is 4.21. The molecule has 1 aliphatic carbocycles. The first kappa shape index (κ1) is 21.8. The van der Waals surface area contributed by atoms with Crippen LogP contribution >= 0.6 is 27.3 Å². The number of nitrogens with zero attached hydrogens (tertiary/aromatic N) is 7. The summed E-state index contributed by atoms with van der Waals surface area (Å²) in [6.45, 7) is 3.92. The summed E-state index contributed by atoms with van der Waals surface area (Å²) in [4.78, 5) is 26.0. The number of hydrogen-bond donors (Lipinski definition) is 2. The number of carbonyl (C=O) groups excluding carboxylic acids is 1. The Bertz CT molecular complexity index is 1340. The molecule has 2 N–H and O–H groups in total. The second-order valence-corrected chi connectivity index (χ2v) is 10.3. The molecule has 1 aliphatic rings. The SMILES string of the molecule is CNC(=O)C1(C)CCC(Nc2ncc3c(Br)nn(-c4ccc(-c5nnc(C)s5)nc4)c3n2)C1. The highest BCUT2D eigenvalue weighted by Crippen LogP contribution is 2.39. The summed E-state index contributed by atoms with van der Waals surface area (Å²) < 4.78 is 2.39. The van der Waals surface area contributed by atoms with Crippen molar-refractivity contribution in [1.29, 1.82) is 0 Å². The predicted octanol–water partition coefficient (Wildman–Crippen LogP) is 3.52. The summed E-state index contributed by atoms with van der Waals surface area (Å²) in [5, 5.41) is 21.4. The van der Waals surface area contributed by atoms with Gasteiger partial charge in [-0.25, -0.2) is 9.67 Å². The van der Waals surface area contributed by atoms with E-state index in [1.165, 1.54) is 11.3 Å². The summed E-state index contributed by atoms with van der Waals surface area (Å²) in [6, 6.07) is 3.95. The van der Waals surface area contributed by atoms with Crippen molar-refractivity contribution >= 4 is 50.2 Å². The molecule has 33 heavy (non-hydrogen) atoms. The minimum Gasteiger partial charge on any atom is -0.359 e. The molecule has 5 rings (SSSR count). The summed E-state index contributed by atoms with van der Waals surface area (Å²) in [7, 11) is 1.68. The standard InChI is InChI=1S/C21H22BrN9OS/c1-11-28-29-18(33-11)15-5-4-13(9-24-15)31-17-14(16(22)30-31)10-25-20(27-17)26-12-6-7-21(2,8-12)19(32)23-3/h4-5,9-10,12H,6-8H2,1-3H3,(H,23,32)(H,25,26,27). The molecule has 4 aromatic rings. The van der Waals surface area contributed by atoms with Gasteiger partial charge in [0.05, 0.1) is 17.3 Å². The van der Waals surface area contributed by atoms with E-state index in [1.807, 2.05) is 26.0 Å². The lowest BCUT2D eigenvalue weighted by Crippen LogP contribution is -2.35. The molecule has 2 unspecified atom stereocenters. The number of aromatic nitrogens is 7. The molecule has 4 heterocycles. The van der Waals surface area contributed by atoms with Gasteiger partial charge in [0.15, 0.2) is 10.7 Å². The molecule has 0 bridgehead atoms. The molecule has 12 heteroatoms. The molecule has 0 aliphatic heterocycles. The third kappa shape index (κ3) is 4.08. The van der Waals surface area contributed by atoms with Gasteiger partial charge >= 0.3 is 0 Å². The van der Waals surface area contributed by atoms with E-state index in [0.29, 0.717) is 16.2 Å². The Morgan fingerprint density at radius 2 is 2.12 bits per heavy atom. The Balaban J connectivity index is 1.42. The van der Waals surface area contributed by atoms with Crippen LogP contribution in [0.4, 0.5) is 5.95 Å². The molecule has 2 atom stereocenters. The fraction of sp³-hybridized carbons (Fsp3) is 0.381. The van der Waals surface area contributed by atoms with Crippen LogP contribution in [0.1, 0.15) is 31.2 Å². The molecular weight excluding hydrogens is 506 g/mol. The summed E-state index contributed by atoms with van der Waals surface area (Å²) >= 11 is 5.01. The van der Waals surface area contributed by atoms with Crippen molar-refractivity contribution in [2.24, 2.45) is 5.41 Å². The molecule has 0 radical (unpaired) electrons. The highest BCUT2D eigenvalue weighted by Gasteiger charge is 2.40. The predicted molar refractivity (Wildman–Crippen MR) is 129 cm³/mol. The van der Waals surface area contributed by atoms with Crippen molar-refractivity contribution < 1.29 is 4.79 Å². The lowest BCUT2D eigenvalue weighted by Gasteiger charge is -2.22. The van der Waals surface area contributed by atoms with Gasteiger partial charge in [-0.2, -0.15) is 10.1 Å². The average Bonchev–Trinajstić information content (AvgIpc) is 3.51. The Labute approximate surface area is 202 Å². The van der Waals surface area contributed by atoms with Gasteiger partial charge in [-0.1, -0.05) is 18.3 Å². The van der Waals surface area contributed by atoms with Gasteiger partial charge in [0.1, 0.15) is 15.3 Å². The maximum absolute atomic E-state index is 12.2. The van der Waals surface area contributed by atoms with Crippen molar-refractivity contribution in [3.63, 3.8) is 0 Å². The fourth-order valence-corrected chi connectivity index (χ4v) is 5.32. The van der Waals surface area contributed by atoms with E-state index in [-0.39, 0.29) is 17.4 Å². The Morgan fingerprint density at radius 3 is 2.82 bits per heavy atom. The highest BCUT2D eigenvalue weighted by atomic mass is 79.9. The van der Waals surface area contributed by atoms with Crippen molar-refractivity contribution in [1.82, 2.24) is 40.2 Å². The quantitative estimate of drug-likeness (QED) is 0.404. The van der Waals surface area contributed by atoms with Gasteiger partial charge in [-0.15, -0.1) is 10.2 Å². The second kappa shape index (κ2) is 8.41. The zero-order valence-electron chi connectivity index (χ0n) is 18.3. The maximum Gasteiger partial charge on any atom is 0.225 e. The number of anilines is 1. The molecular formula is C21H22BrN9OS. The molecule has 0 aromatic carbocycles. The number of amides is 1. The van der Waals surface area contributed by atoms with E-state index in [0.717, 1.165) is 46.0 Å². The van der Waals surface area contributed by atoms with Crippen molar-refractivity contribution in [3.8, 4) is 16.4 Å². The first-order valence-corrected chi connectivity index (χ1v) is 12.1. The third-order valence-electron chi connectivity index (χ3n) is 5.97. The topological polar surface area (TPSA) is 123 Å². The molecule has 170 valence electrons. The normalized spacial score (nSPS) is 20.3. The van der Waals surface area contributed by atoms with E-state index < -0.39 is 0 Å². The van der Waals surface area contributed by atoms with Gasteiger partial charge in [0.25, 0.3) is 0 Å². The van der Waals surface area contributed by atoms with Gasteiger partial charge in [0.2, 0.25) is 11.9 Å². The number of pyridine rings is 1. The van der Waals surface area contributed by atoms with E-state index >= 15 is 0 Å². The van der Waals surface area contributed by atoms with E-state index in [9.17, 15) is 4.79 Å². The summed E-state index contributed by atoms with van der Waals surface area (Å²) in [5.74, 6) is 0.584. The smallest absolute Gasteiger partial charge is 0.225 e. The summed E-state index contributed by atoms with van der Waals surface area (Å²) in [6.07, 6.45) is 5.92. The monoisotopic (exact) mass is 527 g/mol. The number of nitrogens with one attached hydrogen (secondary N) is 2. The van der Waals surface area contributed by atoms with Crippen molar-refractivity contribution in [3.05, 3.63) is 34.1 Å². The molecule has 0 saturated heterocycles. The number of fused-ring (bicyclic) bond motifs is 1. The minimum absolute atomic E-state index is 0.0739. The lowest BCUT2D eigenvalue weighted by molar-refractivity contribution is -0.129. The van der Waals surface area contributed by atoms with Crippen LogP contribution in [0.5, 0.6) is 0 Å². The maximum atomic E-state index is 12.2. The van der Waals surface area contributed by atoms with Gasteiger partial charge < -0.3 is 10.6 Å². The van der Waals surface area contributed by atoms with E-state index in [1.54, 1.807) is 24.1 Å².